The molecule has 0 saturated carbocycles. The Morgan fingerprint density at radius 2 is 1.13 bits per heavy atom. The Bertz CT molecular complexity index is 1660. The molecule has 0 unspecified atom stereocenters. The second kappa shape index (κ2) is 28.1. The largest absolute Gasteiger partial charge is 0.507 e. The highest BCUT2D eigenvalue weighted by atomic mass is 35.5. The normalized spacial score (nSPS) is 19.9. The number of halogens is 2. The monoisotopic (exact) mass is 911 g/mol. The van der Waals surface area contributed by atoms with Crippen LogP contribution in [0.2, 0.25) is 15.8 Å². The van der Waals surface area contributed by atoms with Crippen molar-refractivity contribution in [1.29, 1.82) is 0 Å². The highest BCUT2D eigenvalue weighted by Gasteiger charge is 2.45. The van der Waals surface area contributed by atoms with Crippen LogP contribution >= 0.6 is 23.2 Å². The predicted octanol–water partition coefficient (Wildman–Crippen LogP) is 17.5. The summed E-state index contributed by atoms with van der Waals surface area (Å²) in [5, 5.41) is 36.6. The maximum atomic E-state index is 10.7. The number of ether oxygens (including phenoxy) is 1. The van der Waals surface area contributed by atoms with Gasteiger partial charge in [0.25, 0.3) is 14.1 Å². The van der Waals surface area contributed by atoms with Gasteiger partial charge in [0, 0.05) is 28.9 Å². The Hall–Kier alpha value is -2.03. The molecule has 2 aromatic rings. The molecule has 3 N–H and O–H groups in total. The minimum absolute atomic E-state index is 0.0194. The van der Waals surface area contributed by atoms with E-state index in [4.69, 9.17) is 27.9 Å². The van der Waals surface area contributed by atoms with Gasteiger partial charge in [-0.1, -0.05) is 150 Å². The molecule has 0 saturated heterocycles. The van der Waals surface area contributed by atoms with Gasteiger partial charge in [-0.05, 0) is 127 Å². The molecule has 4 atom stereocenters. The van der Waals surface area contributed by atoms with Crippen LogP contribution in [0.5, 0.6) is 23.0 Å². The molecule has 7 heteroatoms. The number of allylic oxidation sites excluding steroid dienone is 5. The van der Waals surface area contributed by atoms with Crippen molar-refractivity contribution >= 4 is 37.4 Å². The average molecular weight is 912 g/mol. The van der Waals surface area contributed by atoms with Gasteiger partial charge in [-0.2, -0.15) is 0 Å². The lowest BCUT2D eigenvalue weighted by atomic mass is 9.68. The first-order chi connectivity index (χ1) is 29.2. The van der Waals surface area contributed by atoms with Crippen molar-refractivity contribution in [3.8, 4) is 23.0 Å². The van der Waals surface area contributed by atoms with Gasteiger partial charge in [0.1, 0.15) is 28.6 Å². The number of hydrogen-bond donors (Lipinski definition) is 3. The Morgan fingerprint density at radius 3 is 1.56 bits per heavy atom. The molecule has 2 aliphatic carbocycles. The van der Waals surface area contributed by atoms with Crippen LogP contribution in [0, 0.1) is 29.6 Å². The zero-order chi connectivity index (χ0) is 46.7. The van der Waals surface area contributed by atoms with Crippen LogP contribution in [-0.2, 0) is 12.8 Å². The van der Waals surface area contributed by atoms with E-state index in [2.05, 4.69) is 108 Å². The SMILES string of the molecule is C=C(C)[C@@H]1CCC(C)=C[C@@H]1c1c(O)cc(CCCCC)cc1O.CC(C)[CH2][Al]([CH2]C(C)C)[CH2]C(C)C.CCCCCc1cc(O)c2c(c1)OC(C)(C)[C@@H]1CCC(C)=C[C@H]21.ClCCl. The number of hydrogen-bond acceptors (Lipinski definition) is 4. The maximum Gasteiger partial charge on any atom is 0.262 e. The molecule has 0 fully saturated rings. The third kappa shape index (κ3) is 18.5. The van der Waals surface area contributed by atoms with Gasteiger partial charge in [0.05, 0.1) is 5.34 Å². The summed E-state index contributed by atoms with van der Waals surface area (Å²) in [4.78, 5) is 0. The van der Waals surface area contributed by atoms with Crippen LogP contribution in [0.1, 0.15) is 188 Å². The molecule has 4 nitrogen and oxygen atoms in total. The van der Waals surface area contributed by atoms with Gasteiger partial charge in [0.2, 0.25) is 0 Å². The zero-order valence-corrected chi connectivity index (χ0v) is 44.3. The number of aromatic hydroxyl groups is 3. The first kappa shape index (κ1) is 56.1. The predicted molar refractivity (Wildman–Crippen MR) is 274 cm³/mol. The summed E-state index contributed by atoms with van der Waals surface area (Å²) in [6, 6.07) is 7.79. The van der Waals surface area contributed by atoms with Crippen LogP contribution in [0.4, 0.5) is 0 Å². The van der Waals surface area contributed by atoms with Crippen LogP contribution in [0.3, 0.4) is 0 Å². The number of phenols is 3. The summed E-state index contributed by atoms with van der Waals surface area (Å²) in [5.41, 5.74) is 7.57. The van der Waals surface area contributed by atoms with Gasteiger partial charge >= 0.3 is 0 Å². The van der Waals surface area contributed by atoms with E-state index in [1.54, 1.807) is 15.8 Å². The number of alkyl halides is 2. The third-order valence-corrected chi connectivity index (χ3v) is 17.8. The number of rotatable bonds is 16. The standard InChI is InChI=1S/2C21H30O2.3C4H9.CH2Cl2.Al/c1-5-6-7-8-15-12-18(22)20-16-11-14(2)9-10-17(16)21(3,4)23-19(20)13-15;1-5-6-7-8-16-12-19(22)21(20(23)13-16)18-11-15(4)9-10-17(18)14(2)3;3*1-4(2)3;2-1-3;/h11-13,16-17,22H,5-10H2,1-4H3;11-13,17-18,22-23H,2,5-10H2,1,3-4H3;3*4H,1H2,2-3H3;1H2;/t16-,17+;17-,18-;;;;;/m00...../s1. The van der Waals surface area contributed by atoms with Crippen LogP contribution in [0.25, 0.3) is 0 Å². The number of unbranched alkanes of at least 4 members (excludes halogenated alkanes) is 4. The fourth-order valence-corrected chi connectivity index (χ4v) is 14.8. The van der Waals surface area contributed by atoms with Crippen molar-refractivity contribution in [3.63, 3.8) is 0 Å². The van der Waals surface area contributed by atoms with Gasteiger partial charge in [0.15, 0.2) is 0 Å². The first-order valence-corrected chi connectivity index (χ1v) is 27.9. The molecular formula is C55H89AlCl2O4. The second-order valence-electron chi connectivity index (χ2n) is 20.8. The summed E-state index contributed by atoms with van der Waals surface area (Å²) in [5.74, 6) is 5.56. The lowest BCUT2D eigenvalue weighted by Crippen LogP contribution is -2.45. The van der Waals surface area contributed by atoms with Crippen LogP contribution in [-0.4, -0.2) is 40.4 Å². The lowest BCUT2D eigenvalue weighted by molar-refractivity contribution is 0.0107. The van der Waals surface area contributed by atoms with Gasteiger partial charge in [-0.3, -0.25) is 0 Å². The summed E-state index contributed by atoms with van der Waals surface area (Å²) in [6.07, 6.45) is 17.9. The summed E-state index contributed by atoms with van der Waals surface area (Å²) >= 11 is 9.12. The minimum atomic E-state index is -0.407. The third-order valence-electron chi connectivity index (χ3n) is 13.0. The van der Waals surface area contributed by atoms with Gasteiger partial charge in [-0.15, -0.1) is 23.2 Å². The van der Waals surface area contributed by atoms with E-state index < -0.39 is 14.1 Å². The molecule has 62 heavy (non-hydrogen) atoms. The van der Waals surface area contributed by atoms with Crippen molar-refractivity contribution in [2.75, 3.05) is 5.34 Å². The van der Waals surface area contributed by atoms with Gasteiger partial charge in [-0.25, -0.2) is 0 Å². The van der Waals surface area contributed by atoms with Crippen molar-refractivity contribution in [2.24, 2.45) is 29.6 Å². The van der Waals surface area contributed by atoms with E-state index in [-0.39, 0.29) is 40.2 Å². The number of phenolic OH excluding ortho intramolecular Hbond substituents is 3. The van der Waals surface area contributed by atoms with E-state index >= 15 is 0 Å². The fraction of sp³-hybridized carbons (Fsp3) is 0.673. The minimum Gasteiger partial charge on any atom is -0.507 e. The van der Waals surface area contributed by atoms with Gasteiger partial charge < -0.3 is 20.1 Å². The van der Waals surface area contributed by atoms with Crippen molar-refractivity contribution in [3.05, 3.63) is 82.0 Å². The first-order valence-electron chi connectivity index (χ1n) is 24.4. The molecule has 3 aliphatic rings. The van der Waals surface area contributed by atoms with Crippen molar-refractivity contribution in [2.45, 2.75) is 200 Å². The van der Waals surface area contributed by atoms with E-state index in [0.29, 0.717) is 17.2 Å². The van der Waals surface area contributed by atoms with Crippen molar-refractivity contribution < 1.29 is 20.1 Å². The Labute approximate surface area is 395 Å². The van der Waals surface area contributed by atoms with E-state index in [9.17, 15) is 15.3 Å². The van der Waals surface area contributed by atoms with Crippen LogP contribution in [0.15, 0.2) is 59.7 Å². The Balaban J connectivity index is 0.000000322. The van der Waals surface area contributed by atoms with E-state index in [1.165, 1.54) is 48.8 Å². The second-order valence-corrected chi connectivity index (χ2v) is 24.7. The summed E-state index contributed by atoms with van der Waals surface area (Å²) in [7, 11) is 0. The highest BCUT2D eigenvalue weighted by molar-refractivity contribution is 6.58. The van der Waals surface area contributed by atoms with Crippen molar-refractivity contribution in [1.82, 2.24) is 0 Å². The quantitative estimate of drug-likeness (QED) is 0.0679. The number of aryl methyl sites for hydroxylation is 2. The van der Waals surface area contributed by atoms with E-state index in [1.807, 2.05) is 25.1 Å². The molecule has 1 aliphatic heterocycles. The maximum absolute atomic E-state index is 10.7. The Kier molecular flexibility index (Phi) is 25.4. The molecule has 1 heterocycles. The molecule has 0 bridgehead atoms. The molecule has 5 rings (SSSR count). The Morgan fingerprint density at radius 1 is 0.710 bits per heavy atom. The lowest BCUT2D eigenvalue weighted by Gasteiger charge is -2.46. The molecule has 0 aromatic heterocycles. The molecule has 0 spiro atoms. The smallest absolute Gasteiger partial charge is 0.262 e. The topological polar surface area (TPSA) is 69.9 Å². The van der Waals surface area contributed by atoms with E-state index in [0.717, 1.165) is 85.1 Å². The zero-order valence-electron chi connectivity index (χ0n) is 41.6. The van der Waals surface area contributed by atoms with Crippen LogP contribution < -0.4 is 4.74 Å². The molecule has 350 valence electrons. The highest BCUT2D eigenvalue weighted by Crippen LogP contribution is 2.53. The number of fused-ring (bicyclic) bond motifs is 3. The molecule has 2 aromatic carbocycles. The summed E-state index contributed by atoms with van der Waals surface area (Å²) in [6.45, 7) is 33.5. The molecule has 0 amide bonds. The average Bonchev–Trinajstić information content (AvgIpc) is 3.14. The molecular weight excluding hydrogens is 822 g/mol. The number of benzene rings is 2. The summed E-state index contributed by atoms with van der Waals surface area (Å²) < 4.78 is 6.36. The fourth-order valence-electron chi connectivity index (χ4n) is 10.2. The molecule has 0 radical (unpaired) electrons.